The number of nitrogens with one attached hydrogen (secondary N) is 1. The molecule has 0 bridgehead atoms. The number of hydrogen-bond donors (Lipinski definition) is 2. The van der Waals surface area contributed by atoms with Crippen molar-refractivity contribution < 1.29 is 5.11 Å². The molecule has 2 nitrogen and oxygen atoms in total. The van der Waals surface area contributed by atoms with Gasteiger partial charge < -0.3 is 10.4 Å². The number of rotatable bonds is 14. The van der Waals surface area contributed by atoms with Crippen LogP contribution >= 0.6 is 0 Å². The number of aliphatic hydroxyl groups is 1. The highest BCUT2D eigenvalue weighted by atomic mass is 16.2. The first-order chi connectivity index (χ1) is 10.2. The second kappa shape index (κ2) is 22.2. The van der Waals surface area contributed by atoms with Gasteiger partial charge in [-0.05, 0) is 32.9 Å². The second-order valence-corrected chi connectivity index (χ2v) is 6.44. The van der Waals surface area contributed by atoms with Gasteiger partial charge in [0.05, 0.1) is 0 Å². The first kappa shape index (κ1) is 23.2. The van der Waals surface area contributed by atoms with Crippen molar-refractivity contribution >= 4 is 0 Å². The van der Waals surface area contributed by atoms with E-state index in [0.717, 1.165) is 12.3 Å². The normalized spacial score (nSPS) is 11.9. The Kier molecular flexibility index (Phi) is 24.5. The highest BCUT2D eigenvalue weighted by Gasteiger charge is 2.01. The van der Waals surface area contributed by atoms with Crippen LogP contribution in [0.15, 0.2) is 0 Å². The van der Waals surface area contributed by atoms with Gasteiger partial charge in [-0.15, -0.1) is 0 Å². The molecule has 0 aromatic heterocycles. The van der Waals surface area contributed by atoms with E-state index < -0.39 is 0 Å². The van der Waals surface area contributed by atoms with E-state index in [2.05, 4.69) is 19.2 Å². The Morgan fingerprint density at radius 1 is 0.714 bits per heavy atom. The summed E-state index contributed by atoms with van der Waals surface area (Å²) in [6.45, 7) is 4.97. The summed E-state index contributed by atoms with van der Waals surface area (Å²) in [5, 5.41) is 11.5. The molecule has 0 aliphatic heterocycles. The zero-order chi connectivity index (χ0) is 16.2. The molecule has 0 aromatic carbocycles. The average Bonchev–Trinajstić information content (AvgIpc) is 2.48. The Morgan fingerprint density at radius 3 is 1.52 bits per heavy atom. The van der Waals surface area contributed by atoms with Crippen molar-refractivity contribution in [2.45, 2.75) is 97.3 Å². The van der Waals surface area contributed by atoms with E-state index in [1.165, 1.54) is 77.0 Å². The van der Waals surface area contributed by atoms with Gasteiger partial charge in [0, 0.05) is 6.61 Å². The molecule has 0 fully saturated rings. The third kappa shape index (κ3) is 25.2. The van der Waals surface area contributed by atoms with Crippen LogP contribution in [0, 0.1) is 5.92 Å². The number of aliphatic hydroxyl groups excluding tert-OH is 1. The van der Waals surface area contributed by atoms with Crippen LogP contribution in [0.4, 0.5) is 0 Å². The van der Waals surface area contributed by atoms with Crippen molar-refractivity contribution in [3.8, 4) is 0 Å². The maximum atomic E-state index is 8.76. The molecule has 2 N–H and O–H groups in total. The molecule has 2 heteroatoms. The summed E-state index contributed by atoms with van der Waals surface area (Å²) >= 11 is 0. The smallest absolute Gasteiger partial charge is 0.0431 e. The summed E-state index contributed by atoms with van der Waals surface area (Å²) in [4.78, 5) is 0. The summed E-state index contributed by atoms with van der Waals surface area (Å²) in [7, 11) is 3.75. The van der Waals surface area contributed by atoms with Gasteiger partial charge in [0.15, 0.2) is 0 Å². The fourth-order valence-corrected chi connectivity index (χ4v) is 2.56. The molecular weight excluding hydrogens is 258 g/mol. The minimum absolute atomic E-state index is 0.363. The summed E-state index contributed by atoms with van der Waals surface area (Å²) in [6.07, 6.45) is 17.8. The fraction of sp³-hybridized carbons (Fsp3) is 1.00. The molecule has 0 aliphatic rings. The van der Waals surface area contributed by atoms with Crippen LogP contribution in [-0.4, -0.2) is 25.8 Å². The quantitative estimate of drug-likeness (QED) is 0.413. The highest BCUT2D eigenvalue weighted by Crippen LogP contribution is 2.16. The molecular formula is C19H43NO. The van der Waals surface area contributed by atoms with E-state index in [0.29, 0.717) is 6.61 Å². The molecule has 0 heterocycles. The molecule has 0 aliphatic carbocycles. The van der Waals surface area contributed by atoms with Crippen LogP contribution in [-0.2, 0) is 0 Å². The highest BCUT2D eigenvalue weighted by molar-refractivity contribution is 4.54. The SMILES string of the molecule is CCCCCCCCCCCCC(C)CCCO.CNC. The molecule has 1 atom stereocenters. The van der Waals surface area contributed by atoms with Gasteiger partial charge in [0.2, 0.25) is 0 Å². The third-order valence-corrected chi connectivity index (χ3v) is 3.91. The largest absolute Gasteiger partial charge is 0.396 e. The fourth-order valence-electron chi connectivity index (χ4n) is 2.56. The molecule has 0 amide bonds. The van der Waals surface area contributed by atoms with E-state index in [9.17, 15) is 0 Å². The van der Waals surface area contributed by atoms with Crippen molar-refractivity contribution in [2.75, 3.05) is 20.7 Å². The van der Waals surface area contributed by atoms with E-state index >= 15 is 0 Å². The first-order valence-corrected chi connectivity index (χ1v) is 9.42. The van der Waals surface area contributed by atoms with Crippen LogP contribution in [0.2, 0.25) is 0 Å². The Morgan fingerprint density at radius 2 is 1.10 bits per heavy atom. The maximum Gasteiger partial charge on any atom is 0.0431 e. The molecule has 0 saturated heterocycles. The lowest BCUT2D eigenvalue weighted by Crippen LogP contribution is -1.96. The Balaban J connectivity index is 0. The molecule has 0 aromatic rings. The van der Waals surface area contributed by atoms with E-state index in [1.807, 2.05) is 14.1 Å². The monoisotopic (exact) mass is 301 g/mol. The van der Waals surface area contributed by atoms with Gasteiger partial charge >= 0.3 is 0 Å². The molecule has 0 rings (SSSR count). The minimum atomic E-state index is 0.363. The summed E-state index contributed by atoms with van der Waals surface area (Å²) in [6, 6.07) is 0. The summed E-state index contributed by atoms with van der Waals surface area (Å²) in [5.74, 6) is 0.811. The lowest BCUT2D eigenvalue weighted by atomic mass is 9.97. The van der Waals surface area contributed by atoms with E-state index in [4.69, 9.17) is 5.11 Å². The average molecular weight is 302 g/mol. The van der Waals surface area contributed by atoms with Crippen LogP contribution < -0.4 is 5.32 Å². The number of unbranched alkanes of at least 4 members (excludes halogenated alkanes) is 9. The van der Waals surface area contributed by atoms with Crippen molar-refractivity contribution in [1.82, 2.24) is 5.32 Å². The van der Waals surface area contributed by atoms with Crippen molar-refractivity contribution in [3.63, 3.8) is 0 Å². The molecule has 0 radical (unpaired) electrons. The predicted molar refractivity (Wildman–Crippen MR) is 96.9 cm³/mol. The van der Waals surface area contributed by atoms with Crippen LogP contribution in [0.1, 0.15) is 97.3 Å². The lowest BCUT2D eigenvalue weighted by molar-refractivity contribution is 0.270. The Labute approximate surface area is 135 Å². The van der Waals surface area contributed by atoms with Gasteiger partial charge in [0.1, 0.15) is 0 Å². The van der Waals surface area contributed by atoms with Crippen molar-refractivity contribution in [3.05, 3.63) is 0 Å². The van der Waals surface area contributed by atoms with Crippen LogP contribution in [0.3, 0.4) is 0 Å². The lowest BCUT2D eigenvalue weighted by Gasteiger charge is -2.09. The summed E-state index contributed by atoms with van der Waals surface area (Å²) < 4.78 is 0. The van der Waals surface area contributed by atoms with Crippen molar-refractivity contribution in [2.24, 2.45) is 5.92 Å². The second-order valence-electron chi connectivity index (χ2n) is 6.44. The zero-order valence-corrected chi connectivity index (χ0v) is 15.4. The topological polar surface area (TPSA) is 32.3 Å². The number of hydrogen-bond acceptors (Lipinski definition) is 2. The molecule has 21 heavy (non-hydrogen) atoms. The van der Waals surface area contributed by atoms with Gasteiger partial charge in [-0.2, -0.15) is 0 Å². The first-order valence-electron chi connectivity index (χ1n) is 9.42. The minimum Gasteiger partial charge on any atom is -0.396 e. The third-order valence-electron chi connectivity index (χ3n) is 3.91. The predicted octanol–water partition coefficient (Wildman–Crippen LogP) is 5.54. The molecule has 130 valence electrons. The Hall–Kier alpha value is -0.0800. The van der Waals surface area contributed by atoms with Gasteiger partial charge in [-0.3, -0.25) is 0 Å². The zero-order valence-electron chi connectivity index (χ0n) is 15.4. The van der Waals surface area contributed by atoms with Crippen LogP contribution in [0.25, 0.3) is 0 Å². The maximum absolute atomic E-state index is 8.76. The molecule has 0 saturated carbocycles. The van der Waals surface area contributed by atoms with Gasteiger partial charge in [-0.25, -0.2) is 0 Å². The molecule has 0 spiro atoms. The Bertz CT molecular complexity index is 162. The molecule has 1 unspecified atom stereocenters. The van der Waals surface area contributed by atoms with E-state index in [-0.39, 0.29) is 0 Å². The van der Waals surface area contributed by atoms with Crippen LogP contribution in [0.5, 0.6) is 0 Å². The van der Waals surface area contributed by atoms with Gasteiger partial charge in [-0.1, -0.05) is 84.5 Å². The van der Waals surface area contributed by atoms with Crippen molar-refractivity contribution in [1.29, 1.82) is 0 Å². The summed E-state index contributed by atoms with van der Waals surface area (Å²) in [5.41, 5.74) is 0. The standard InChI is InChI=1S/C17H36O.C2H7N/c1-3-4-5-6-7-8-9-10-11-12-14-17(2)15-13-16-18;1-3-2/h17-18H,3-16H2,1-2H3;3H,1-2H3. The van der Waals surface area contributed by atoms with E-state index in [1.54, 1.807) is 0 Å². The van der Waals surface area contributed by atoms with Gasteiger partial charge in [0.25, 0.3) is 0 Å².